The minimum atomic E-state index is -2.97. The number of sulfone groups is 1. The van der Waals surface area contributed by atoms with Crippen molar-refractivity contribution in [3.8, 4) is 0 Å². The first-order valence-electron chi connectivity index (χ1n) is 7.18. The van der Waals surface area contributed by atoms with Gasteiger partial charge in [-0.2, -0.15) is 0 Å². The Kier molecular flexibility index (Phi) is 4.50. The first-order chi connectivity index (χ1) is 8.93. The molecule has 0 radical (unpaired) electrons. The van der Waals surface area contributed by atoms with Crippen LogP contribution in [0.3, 0.4) is 0 Å². The fraction of sp³-hybridized carbons (Fsp3) is 0.923. The summed E-state index contributed by atoms with van der Waals surface area (Å²) in [5.74, 6) is 0.388. The summed E-state index contributed by atoms with van der Waals surface area (Å²) in [6.45, 7) is 4.65. The van der Waals surface area contributed by atoms with Crippen LogP contribution in [-0.2, 0) is 14.6 Å². The Morgan fingerprint density at radius 1 is 1.37 bits per heavy atom. The van der Waals surface area contributed by atoms with Gasteiger partial charge >= 0.3 is 0 Å². The highest BCUT2D eigenvalue weighted by Crippen LogP contribution is 2.27. The smallest absolute Gasteiger partial charge is 0.224 e. The third kappa shape index (κ3) is 3.48. The molecule has 0 bridgehead atoms. The molecule has 0 aromatic carbocycles. The molecule has 2 rings (SSSR count). The minimum Gasteiger partial charge on any atom is -0.337 e. The van der Waals surface area contributed by atoms with E-state index in [2.05, 4.69) is 19.2 Å². The Labute approximate surface area is 115 Å². The Morgan fingerprint density at radius 3 is 2.74 bits per heavy atom. The molecule has 19 heavy (non-hydrogen) atoms. The van der Waals surface area contributed by atoms with Gasteiger partial charge in [0.2, 0.25) is 5.91 Å². The van der Waals surface area contributed by atoms with Crippen molar-refractivity contribution in [2.75, 3.05) is 18.1 Å². The third-order valence-electron chi connectivity index (χ3n) is 4.27. The topological polar surface area (TPSA) is 66.5 Å². The fourth-order valence-electron chi connectivity index (χ4n) is 3.24. The van der Waals surface area contributed by atoms with Gasteiger partial charge in [0, 0.05) is 31.1 Å². The zero-order valence-corrected chi connectivity index (χ0v) is 12.6. The minimum absolute atomic E-state index is 0.0950. The monoisotopic (exact) mass is 288 g/mol. The summed E-state index contributed by atoms with van der Waals surface area (Å²) in [5.41, 5.74) is 0. The van der Waals surface area contributed by atoms with Gasteiger partial charge in [-0.25, -0.2) is 8.42 Å². The molecule has 1 N–H and O–H groups in total. The maximum Gasteiger partial charge on any atom is 0.224 e. The van der Waals surface area contributed by atoms with Gasteiger partial charge in [0.15, 0.2) is 9.84 Å². The van der Waals surface area contributed by atoms with E-state index in [1.54, 1.807) is 0 Å². The molecule has 5 nitrogen and oxygen atoms in total. The number of amides is 1. The lowest BCUT2D eigenvalue weighted by Crippen LogP contribution is -2.49. The summed E-state index contributed by atoms with van der Waals surface area (Å²) in [5, 5.41) is 3.15. The van der Waals surface area contributed by atoms with Crippen LogP contribution in [0.1, 0.15) is 39.5 Å². The Balaban J connectivity index is 1.97. The molecule has 110 valence electrons. The number of carbonyl (C=O) groups excluding carboxylic acids is 1. The molecule has 0 saturated carbocycles. The predicted molar refractivity (Wildman–Crippen MR) is 74.7 cm³/mol. The lowest BCUT2D eigenvalue weighted by molar-refractivity contribution is -0.134. The fourth-order valence-corrected chi connectivity index (χ4v) is 4.68. The van der Waals surface area contributed by atoms with Crippen molar-refractivity contribution in [2.24, 2.45) is 0 Å². The molecule has 0 aliphatic carbocycles. The van der Waals surface area contributed by atoms with E-state index in [0.717, 1.165) is 19.3 Å². The number of nitrogens with one attached hydrogen (secondary N) is 1. The van der Waals surface area contributed by atoms with E-state index < -0.39 is 9.84 Å². The molecule has 2 aliphatic heterocycles. The number of rotatable bonds is 3. The highest BCUT2D eigenvalue weighted by atomic mass is 32.2. The first kappa shape index (κ1) is 14.8. The lowest BCUT2D eigenvalue weighted by atomic mass is 10.1. The van der Waals surface area contributed by atoms with Crippen molar-refractivity contribution >= 4 is 15.7 Å². The van der Waals surface area contributed by atoms with Gasteiger partial charge in [-0.05, 0) is 26.2 Å². The summed E-state index contributed by atoms with van der Waals surface area (Å²) >= 11 is 0. The van der Waals surface area contributed by atoms with Gasteiger partial charge in [0.05, 0.1) is 11.5 Å². The van der Waals surface area contributed by atoms with E-state index in [-0.39, 0.29) is 29.5 Å². The normalized spacial score (nSPS) is 34.4. The van der Waals surface area contributed by atoms with E-state index in [0.29, 0.717) is 19.0 Å². The summed E-state index contributed by atoms with van der Waals surface area (Å²) < 4.78 is 23.2. The van der Waals surface area contributed by atoms with Crippen molar-refractivity contribution < 1.29 is 13.2 Å². The maximum atomic E-state index is 12.4. The van der Waals surface area contributed by atoms with Crippen LogP contribution >= 0.6 is 0 Å². The predicted octanol–water partition coefficient (Wildman–Crippen LogP) is 0.553. The largest absolute Gasteiger partial charge is 0.337 e. The molecule has 3 atom stereocenters. The molecule has 3 unspecified atom stereocenters. The van der Waals surface area contributed by atoms with Gasteiger partial charge in [0.25, 0.3) is 0 Å². The molecule has 0 aromatic heterocycles. The highest BCUT2D eigenvalue weighted by molar-refractivity contribution is 7.91. The van der Waals surface area contributed by atoms with Crippen LogP contribution in [0.4, 0.5) is 0 Å². The van der Waals surface area contributed by atoms with Gasteiger partial charge < -0.3 is 10.2 Å². The van der Waals surface area contributed by atoms with Crippen LogP contribution in [0.2, 0.25) is 0 Å². The average molecular weight is 288 g/mol. The van der Waals surface area contributed by atoms with Crippen LogP contribution in [-0.4, -0.2) is 55.4 Å². The van der Waals surface area contributed by atoms with Crippen LogP contribution in [0.5, 0.6) is 0 Å². The van der Waals surface area contributed by atoms with Gasteiger partial charge in [0.1, 0.15) is 0 Å². The average Bonchev–Trinajstić information content (AvgIpc) is 2.69. The molecular formula is C13H24N2O3S. The third-order valence-corrected chi connectivity index (χ3v) is 6.00. The van der Waals surface area contributed by atoms with Crippen LogP contribution < -0.4 is 5.32 Å². The second-order valence-corrected chi connectivity index (χ2v) is 7.99. The van der Waals surface area contributed by atoms with Gasteiger partial charge in [-0.15, -0.1) is 0 Å². The van der Waals surface area contributed by atoms with E-state index >= 15 is 0 Å². The van der Waals surface area contributed by atoms with Gasteiger partial charge in [-0.3, -0.25) is 4.79 Å². The second kappa shape index (κ2) is 5.79. The number of likely N-dealkylation sites (tertiary alicyclic amines) is 1. The molecule has 0 aromatic rings. The summed E-state index contributed by atoms with van der Waals surface area (Å²) in [6, 6.07) is 0.414. The van der Waals surface area contributed by atoms with Crippen molar-refractivity contribution in [2.45, 2.75) is 57.7 Å². The molecule has 2 heterocycles. The van der Waals surface area contributed by atoms with Crippen LogP contribution in [0.25, 0.3) is 0 Å². The molecule has 1 amide bonds. The number of hydrogen-bond donors (Lipinski definition) is 1. The maximum absolute atomic E-state index is 12.4. The molecule has 0 spiro atoms. The Bertz CT molecular complexity index is 435. The highest BCUT2D eigenvalue weighted by Gasteiger charge is 2.35. The van der Waals surface area contributed by atoms with Gasteiger partial charge in [-0.1, -0.05) is 6.92 Å². The molecule has 2 aliphatic rings. The number of nitrogens with zero attached hydrogens (tertiary/aromatic N) is 1. The summed E-state index contributed by atoms with van der Waals surface area (Å²) in [6.07, 6.45) is 3.41. The zero-order chi connectivity index (χ0) is 14.0. The molecule has 2 saturated heterocycles. The lowest BCUT2D eigenvalue weighted by Gasteiger charge is -2.31. The van der Waals surface area contributed by atoms with Crippen molar-refractivity contribution in [3.05, 3.63) is 0 Å². The van der Waals surface area contributed by atoms with Crippen LogP contribution in [0.15, 0.2) is 0 Å². The van der Waals surface area contributed by atoms with E-state index in [1.807, 2.05) is 4.90 Å². The second-order valence-electron chi connectivity index (χ2n) is 5.76. The van der Waals surface area contributed by atoms with E-state index in [1.165, 1.54) is 0 Å². The number of carbonyl (C=O) groups is 1. The van der Waals surface area contributed by atoms with E-state index in [4.69, 9.17) is 0 Å². The summed E-state index contributed by atoms with van der Waals surface area (Å²) in [7, 11) is -2.97. The molecular weight excluding hydrogens is 264 g/mol. The standard InChI is InChI=1S/C13H24N2O3S/c1-3-12-5-4-10(2)15(12)13(16)8-11-9-19(17,18)7-6-14-11/h10-12,14H,3-9H2,1-2H3. The SMILES string of the molecule is CCC1CCC(C)N1C(=O)CC1CS(=O)(=O)CCN1. The number of hydrogen-bond acceptors (Lipinski definition) is 4. The zero-order valence-electron chi connectivity index (χ0n) is 11.8. The van der Waals surface area contributed by atoms with Crippen molar-refractivity contribution in [3.63, 3.8) is 0 Å². The van der Waals surface area contributed by atoms with Crippen LogP contribution in [0, 0.1) is 0 Å². The quantitative estimate of drug-likeness (QED) is 0.824. The molecule has 2 fully saturated rings. The Hall–Kier alpha value is -0.620. The first-order valence-corrected chi connectivity index (χ1v) is 9.00. The Morgan fingerprint density at radius 2 is 2.11 bits per heavy atom. The van der Waals surface area contributed by atoms with Crippen molar-refractivity contribution in [1.29, 1.82) is 0 Å². The summed E-state index contributed by atoms with van der Waals surface area (Å²) in [4.78, 5) is 14.4. The van der Waals surface area contributed by atoms with Crippen molar-refractivity contribution in [1.82, 2.24) is 10.2 Å². The van der Waals surface area contributed by atoms with E-state index in [9.17, 15) is 13.2 Å². The molecule has 6 heteroatoms.